The Kier molecular flexibility index (Phi) is 6.34. The first-order valence-corrected chi connectivity index (χ1v) is 8.59. The lowest BCUT2D eigenvalue weighted by Crippen LogP contribution is -2.31. The van der Waals surface area contributed by atoms with E-state index in [-0.39, 0.29) is 24.1 Å². The molecule has 0 aliphatic heterocycles. The lowest BCUT2D eigenvalue weighted by Gasteiger charge is -2.19. The number of hydrogen-bond acceptors (Lipinski definition) is 5. The average Bonchev–Trinajstić information content (AvgIpc) is 3.23. The Balaban J connectivity index is 2.04. The highest BCUT2D eigenvalue weighted by molar-refractivity contribution is 7.12. The number of hydrogen-bond donors (Lipinski definition) is 1. The van der Waals surface area contributed by atoms with Crippen LogP contribution in [0.1, 0.15) is 52.7 Å². The Morgan fingerprint density at radius 1 is 1.35 bits per heavy atom. The SMILES string of the molecule is CCCNC(=O)c1coc(CN(CCC)C(=O)c2cccs2)n1. The van der Waals surface area contributed by atoms with Crippen molar-refractivity contribution in [2.75, 3.05) is 13.1 Å². The van der Waals surface area contributed by atoms with Gasteiger partial charge in [-0.15, -0.1) is 11.3 Å². The molecule has 2 heterocycles. The van der Waals surface area contributed by atoms with E-state index in [4.69, 9.17) is 4.42 Å². The third-order valence-electron chi connectivity index (χ3n) is 3.16. The van der Waals surface area contributed by atoms with Crippen LogP contribution in [0.15, 0.2) is 28.2 Å². The van der Waals surface area contributed by atoms with Crippen molar-refractivity contribution in [1.82, 2.24) is 15.2 Å². The zero-order valence-electron chi connectivity index (χ0n) is 13.4. The third-order valence-corrected chi connectivity index (χ3v) is 4.02. The number of oxazole rings is 1. The summed E-state index contributed by atoms with van der Waals surface area (Å²) in [5, 5.41) is 4.62. The smallest absolute Gasteiger partial charge is 0.273 e. The van der Waals surface area contributed by atoms with Gasteiger partial charge in [-0.2, -0.15) is 0 Å². The number of rotatable bonds is 8. The first-order chi connectivity index (χ1) is 11.2. The van der Waals surface area contributed by atoms with Gasteiger partial charge in [0.1, 0.15) is 6.26 Å². The van der Waals surface area contributed by atoms with Gasteiger partial charge in [0, 0.05) is 13.1 Å². The summed E-state index contributed by atoms with van der Waals surface area (Å²) in [5.41, 5.74) is 0.244. The molecule has 0 unspecified atom stereocenters. The molecule has 0 atom stereocenters. The van der Waals surface area contributed by atoms with E-state index in [1.165, 1.54) is 17.6 Å². The van der Waals surface area contributed by atoms with Gasteiger partial charge in [-0.05, 0) is 24.3 Å². The number of nitrogens with zero attached hydrogens (tertiary/aromatic N) is 2. The second-order valence-electron chi connectivity index (χ2n) is 5.09. The van der Waals surface area contributed by atoms with Crippen LogP contribution >= 0.6 is 11.3 Å². The molecule has 124 valence electrons. The van der Waals surface area contributed by atoms with Crippen LogP contribution in [-0.4, -0.2) is 34.8 Å². The molecule has 1 N–H and O–H groups in total. The van der Waals surface area contributed by atoms with E-state index >= 15 is 0 Å². The predicted octanol–water partition coefficient (Wildman–Crippen LogP) is 2.93. The van der Waals surface area contributed by atoms with E-state index in [2.05, 4.69) is 10.3 Å². The quantitative estimate of drug-likeness (QED) is 0.805. The molecule has 6 nitrogen and oxygen atoms in total. The molecule has 7 heteroatoms. The molecule has 0 saturated heterocycles. The van der Waals surface area contributed by atoms with Gasteiger partial charge in [0.15, 0.2) is 5.69 Å². The molecular weight excluding hydrogens is 314 g/mol. The van der Waals surface area contributed by atoms with Crippen molar-refractivity contribution >= 4 is 23.2 Å². The maximum atomic E-state index is 12.5. The fourth-order valence-electron chi connectivity index (χ4n) is 2.06. The van der Waals surface area contributed by atoms with Gasteiger partial charge >= 0.3 is 0 Å². The van der Waals surface area contributed by atoms with Crippen molar-refractivity contribution in [3.63, 3.8) is 0 Å². The van der Waals surface area contributed by atoms with Crippen LogP contribution in [0.3, 0.4) is 0 Å². The van der Waals surface area contributed by atoms with Crippen LogP contribution in [0.4, 0.5) is 0 Å². The average molecular weight is 335 g/mol. The molecular formula is C16H21N3O3S. The number of carbonyl (C=O) groups excluding carboxylic acids is 2. The second-order valence-corrected chi connectivity index (χ2v) is 6.03. The van der Waals surface area contributed by atoms with Crippen LogP contribution in [0.5, 0.6) is 0 Å². The van der Waals surface area contributed by atoms with Crippen LogP contribution in [0.25, 0.3) is 0 Å². The van der Waals surface area contributed by atoms with E-state index in [0.717, 1.165) is 12.8 Å². The van der Waals surface area contributed by atoms with Gasteiger partial charge in [0.2, 0.25) is 5.89 Å². The molecule has 2 amide bonds. The molecule has 2 rings (SSSR count). The summed E-state index contributed by atoms with van der Waals surface area (Å²) in [5.74, 6) is 0.0653. The maximum Gasteiger partial charge on any atom is 0.273 e. The minimum absolute atomic E-state index is 0.0444. The highest BCUT2D eigenvalue weighted by Crippen LogP contribution is 2.15. The normalized spacial score (nSPS) is 10.5. The Morgan fingerprint density at radius 3 is 2.83 bits per heavy atom. The first kappa shape index (κ1) is 17.2. The minimum Gasteiger partial charge on any atom is -0.446 e. The molecule has 2 aromatic rings. The zero-order chi connectivity index (χ0) is 16.7. The van der Waals surface area contributed by atoms with Crippen LogP contribution in [0.2, 0.25) is 0 Å². The Bertz CT molecular complexity index is 637. The standard InChI is InChI=1S/C16H21N3O3S/c1-3-7-17-15(20)12-11-22-14(18-12)10-19(8-4-2)16(21)13-6-5-9-23-13/h5-6,9,11H,3-4,7-8,10H2,1-2H3,(H,17,20). The molecule has 23 heavy (non-hydrogen) atoms. The molecule has 0 fully saturated rings. The topological polar surface area (TPSA) is 75.4 Å². The molecule has 0 aliphatic carbocycles. The molecule has 2 aromatic heterocycles. The monoisotopic (exact) mass is 335 g/mol. The van der Waals surface area contributed by atoms with Gasteiger partial charge < -0.3 is 14.6 Å². The number of nitrogens with one attached hydrogen (secondary N) is 1. The lowest BCUT2D eigenvalue weighted by atomic mass is 10.3. The Labute approximate surface area is 139 Å². The highest BCUT2D eigenvalue weighted by atomic mass is 32.1. The summed E-state index contributed by atoms with van der Waals surface area (Å²) < 4.78 is 5.35. The molecule has 0 aromatic carbocycles. The van der Waals surface area contributed by atoms with Crippen molar-refractivity contribution in [3.05, 3.63) is 40.2 Å². The summed E-state index contributed by atoms with van der Waals surface area (Å²) >= 11 is 1.41. The van der Waals surface area contributed by atoms with Crippen LogP contribution < -0.4 is 5.32 Å². The first-order valence-electron chi connectivity index (χ1n) is 7.71. The molecule has 0 aliphatic rings. The van der Waals surface area contributed by atoms with E-state index < -0.39 is 0 Å². The highest BCUT2D eigenvalue weighted by Gasteiger charge is 2.19. The van der Waals surface area contributed by atoms with Crippen molar-refractivity contribution in [2.45, 2.75) is 33.2 Å². The van der Waals surface area contributed by atoms with Crippen LogP contribution in [-0.2, 0) is 6.54 Å². The number of amides is 2. The second kappa shape index (κ2) is 8.47. The lowest BCUT2D eigenvalue weighted by molar-refractivity contribution is 0.0733. The van der Waals surface area contributed by atoms with Crippen LogP contribution in [0, 0.1) is 0 Å². The Hall–Kier alpha value is -2.15. The molecule has 0 saturated carbocycles. The summed E-state index contributed by atoms with van der Waals surface area (Å²) in [6.07, 6.45) is 3.03. The van der Waals surface area contributed by atoms with Gasteiger partial charge in [-0.1, -0.05) is 19.9 Å². The largest absolute Gasteiger partial charge is 0.446 e. The summed E-state index contributed by atoms with van der Waals surface area (Å²) in [7, 11) is 0. The predicted molar refractivity (Wildman–Crippen MR) is 88.5 cm³/mol. The summed E-state index contributed by atoms with van der Waals surface area (Å²) in [6.45, 7) is 5.45. The number of aromatic nitrogens is 1. The van der Waals surface area contributed by atoms with Crippen molar-refractivity contribution in [3.8, 4) is 0 Å². The zero-order valence-corrected chi connectivity index (χ0v) is 14.2. The Morgan fingerprint density at radius 2 is 2.17 bits per heavy atom. The number of thiophene rings is 1. The molecule has 0 bridgehead atoms. The fourth-order valence-corrected chi connectivity index (χ4v) is 2.75. The maximum absolute atomic E-state index is 12.5. The van der Waals surface area contributed by atoms with E-state index in [9.17, 15) is 9.59 Å². The number of carbonyl (C=O) groups is 2. The van der Waals surface area contributed by atoms with Gasteiger partial charge in [-0.25, -0.2) is 4.98 Å². The van der Waals surface area contributed by atoms with Crippen molar-refractivity contribution in [1.29, 1.82) is 0 Å². The van der Waals surface area contributed by atoms with Crippen molar-refractivity contribution < 1.29 is 14.0 Å². The van der Waals surface area contributed by atoms with Gasteiger partial charge in [0.05, 0.1) is 11.4 Å². The molecule has 0 radical (unpaired) electrons. The minimum atomic E-state index is -0.256. The third kappa shape index (κ3) is 4.66. The van der Waals surface area contributed by atoms with E-state index in [1.807, 2.05) is 25.3 Å². The van der Waals surface area contributed by atoms with Gasteiger partial charge in [0.25, 0.3) is 11.8 Å². The molecule has 0 spiro atoms. The van der Waals surface area contributed by atoms with Crippen molar-refractivity contribution in [2.24, 2.45) is 0 Å². The summed E-state index contributed by atoms with van der Waals surface area (Å²) in [4.78, 5) is 30.9. The van der Waals surface area contributed by atoms with E-state index in [1.54, 1.807) is 11.0 Å². The fraction of sp³-hybridized carbons (Fsp3) is 0.438. The van der Waals surface area contributed by atoms with E-state index in [0.29, 0.717) is 23.9 Å². The summed E-state index contributed by atoms with van der Waals surface area (Å²) in [6, 6.07) is 3.65. The van der Waals surface area contributed by atoms with Gasteiger partial charge in [-0.3, -0.25) is 9.59 Å².